The Labute approximate surface area is 332 Å². The Morgan fingerprint density at radius 3 is 2.02 bits per heavy atom. The van der Waals surface area contributed by atoms with Crippen LogP contribution >= 0.6 is 11.6 Å². The highest BCUT2D eigenvalue weighted by molar-refractivity contribution is 6.33. The van der Waals surface area contributed by atoms with E-state index < -0.39 is 104 Å². The summed E-state index contributed by atoms with van der Waals surface area (Å²) in [6.45, 7) is 4.65. The number of esters is 6. The summed E-state index contributed by atoms with van der Waals surface area (Å²) in [5, 5.41) is 2.85. The number of nitrogens with one attached hydrogen (secondary N) is 1. The maximum Gasteiger partial charge on any atom is 0.305 e. The lowest BCUT2D eigenvalue weighted by atomic mass is 9.95. The minimum Gasteiger partial charge on any atom is -0.469 e. The Hall–Kier alpha value is -4.44. The molecule has 4 rings (SSSR count). The number of fused-ring (bicyclic) bond motifs is 1. The summed E-state index contributed by atoms with van der Waals surface area (Å²) >= 11 is 6.24. The molecule has 3 saturated heterocycles. The molecular weight excluding hydrogens is 786 g/mol. The normalized spacial score (nSPS) is 28.1. The van der Waals surface area contributed by atoms with Crippen molar-refractivity contribution in [2.24, 2.45) is 0 Å². The molecule has 0 spiro atoms. The Kier molecular flexibility index (Phi) is 17.0. The zero-order valence-electron chi connectivity index (χ0n) is 32.1. The molecule has 1 aromatic rings. The number of rotatable bonds is 16. The first-order valence-corrected chi connectivity index (χ1v) is 18.2. The first kappa shape index (κ1) is 45.3. The molecule has 0 radical (unpaired) electrons. The van der Waals surface area contributed by atoms with E-state index in [1.807, 2.05) is 0 Å². The average molecular weight is 832 g/mol. The third kappa shape index (κ3) is 13.3. The van der Waals surface area contributed by atoms with Gasteiger partial charge < -0.3 is 62.2 Å². The van der Waals surface area contributed by atoms with E-state index in [1.165, 1.54) is 26.2 Å². The predicted molar refractivity (Wildman–Crippen MR) is 187 cm³/mol. The number of carbonyl (C=O) groups is 7. The number of hydrogen-bond acceptors (Lipinski definition) is 19. The molecule has 0 bridgehead atoms. The van der Waals surface area contributed by atoms with E-state index in [0.717, 1.165) is 27.7 Å². The standard InChI is InChI=1S/C36H46ClNO19/c1-17(39)38-24-12-22(10-11-23(24)37)13-49-35-33(53-20(4)42)32(52-19(3)41)30(26(55-35)15-48-28(45)9-7-8-27(44)46-6)57-36-34(54-21(5)43)31(51-18(2)40)29-25(56-36)14-47-16-50-29/h10-12,25-26,29-36H,7-9,13-16H2,1-6H3,(H,38,39)/t25-,26-,29-,30-,31+,32+,33-,34-,35-,36-/m1/s1. The Bertz CT molecular complexity index is 1620. The Balaban J connectivity index is 1.72. The highest BCUT2D eigenvalue weighted by Gasteiger charge is 2.57. The number of carbonyl (C=O) groups excluding carboxylic acids is 7. The Morgan fingerprint density at radius 1 is 0.772 bits per heavy atom. The first-order valence-electron chi connectivity index (χ1n) is 17.8. The van der Waals surface area contributed by atoms with Crippen molar-refractivity contribution in [3.05, 3.63) is 28.8 Å². The molecule has 1 N–H and O–H groups in total. The molecular formula is C36H46ClNO19. The van der Waals surface area contributed by atoms with Crippen LogP contribution in [0.5, 0.6) is 0 Å². The lowest BCUT2D eigenvalue weighted by molar-refractivity contribution is -0.375. The summed E-state index contributed by atoms with van der Waals surface area (Å²) in [6, 6.07) is 4.66. The summed E-state index contributed by atoms with van der Waals surface area (Å²) < 4.78 is 68.6. The van der Waals surface area contributed by atoms with Gasteiger partial charge in [0.1, 0.15) is 37.8 Å². The molecule has 10 atom stereocenters. The minimum atomic E-state index is -1.62. The van der Waals surface area contributed by atoms with Crippen LogP contribution in [0.25, 0.3) is 0 Å². The molecule has 20 nitrogen and oxygen atoms in total. The number of ether oxygens (including phenoxy) is 12. The van der Waals surface area contributed by atoms with Gasteiger partial charge in [-0.2, -0.15) is 0 Å². The van der Waals surface area contributed by atoms with Crippen molar-refractivity contribution >= 4 is 59.0 Å². The van der Waals surface area contributed by atoms with Crippen molar-refractivity contribution in [1.82, 2.24) is 0 Å². The number of anilines is 1. The van der Waals surface area contributed by atoms with Crippen LogP contribution in [0.3, 0.4) is 0 Å². The van der Waals surface area contributed by atoms with E-state index in [9.17, 15) is 33.6 Å². The fraction of sp³-hybridized carbons (Fsp3) is 0.639. The van der Waals surface area contributed by atoms with E-state index in [2.05, 4.69) is 10.1 Å². The zero-order chi connectivity index (χ0) is 41.8. The zero-order valence-corrected chi connectivity index (χ0v) is 32.8. The van der Waals surface area contributed by atoms with Gasteiger partial charge in [-0.3, -0.25) is 33.6 Å². The van der Waals surface area contributed by atoms with Gasteiger partial charge in [0.05, 0.1) is 31.0 Å². The summed E-state index contributed by atoms with van der Waals surface area (Å²) in [6.07, 6.45) is -14.1. The van der Waals surface area contributed by atoms with Gasteiger partial charge in [-0.15, -0.1) is 0 Å². The molecule has 1 aromatic carbocycles. The molecule has 0 saturated carbocycles. The van der Waals surface area contributed by atoms with Crippen LogP contribution in [0.1, 0.15) is 59.4 Å². The summed E-state index contributed by atoms with van der Waals surface area (Å²) in [4.78, 5) is 86.2. The fourth-order valence-corrected chi connectivity index (χ4v) is 6.38. The van der Waals surface area contributed by atoms with Gasteiger partial charge in [-0.1, -0.05) is 17.7 Å². The average Bonchev–Trinajstić information content (AvgIpc) is 3.13. The third-order valence-electron chi connectivity index (χ3n) is 8.46. The van der Waals surface area contributed by atoms with Gasteiger partial charge in [0.25, 0.3) is 0 Å². The van der Waals surface area contributed by atoms with Gasteiger partial charge >= 0.3 is 35.8 Å². The number of hydrogen-bond donors (Lipinski definition) is 1. The van der Waals surface area contributed by atoms with Gasteiger partial charge in [-0.05, 0) is 24.1 Å². The minimum absolute atomic E-state index is 0.0590. The number of benzene rings is 1. The van der Waals surface area contributed by atoms with Crippen molar-refractivity contribution in [3.8, 4) is 0 Å². The van der Waals surface area contributed by atoms with Crippen LogP contribution in [-0.4, -0.2) is 130 Å². The van der Waals surface area contributed by atoms with E-state index in [1.54, 1.807) is 6.07 Å². The maximum atomic E-state index is 12.9. The predicted octanol–water partition coefficient (Wildman–Crippen LogP) is 1.64. The summed E-state index contributed by atoms with van der Waals surface area (Å²) in [7, 11) is 1.21. The van der Waals surface area contributed by atoms with Crippen LogP contribution in [0.2, 0.25) is 5.02 Å². The van der Waals surface area contributed by atoms with Crippen molar-refractivity contribution in [2.45, 2.75) is 122 Å². The molecule has 0 aliphatic carbocycles. The smallest absolute Gasteiger partial charge is 0.305 e. The highest BCUT2D eigenvalue weighted by atomic mass is 35.5. The maximum absolute atomic E-state index is 12.9. The second-order valence-corrected chi connectivity index (χ2v) is 13.4. The van der Waals surface area contributed by atoms with E-state index in [4.69, 9.17) is 63.7 Å². The molecule has 3 heterocycles. The van der Waals surface area contributed by atoms with Crippen LogP contribution in [0, 0.1) is 0 Å². The molecule has 21 heteroatoms. The molecule has 3 aliphatic heterocycles. The lowest BCUT2D eigenvalue weighted by Crippen LogP contribution is -2.67. The molecule has 316 valence electrons. The molecule has 0 unspecified atom stereocenters. The van der Waals surface area contributed by atoms with E-state index in [-0.39, 0.29) is 55.9 Å². The molecule has 1 amide bonds. The first-order chi connectivity index (χ1) is 27.1. The molecule has 3 fully saturated rings. The SMILES string of the molecule is COC(=O)CCCC(=O)OC[C@H]1O[C@@H](OCc2ccc(Cl)c(NC(C)=O)c2)[C@H](OC(C)=O)[C@@H](OC(C)=O)[C@@H]1O[C@H]1O[C@@H]2COCO[C@H]2[C@H](OC(C)=O)[C@H]1OC(C)=O. The van der Waals surface area contributed by atoms with Gasteiger partial charge in [-0.25, -0.2) is 0 Å². The van der Waals surface area contributed by atoms with Crippen molar-refractivity contribution in [2.75, 3.05) is 32.4 Å². The quantitative estimate of drug-likeness (QED) is 0.184. The van der Waals surface area contributed by atoms with Crippen LogP contribution in [-0.2, 0) is 97.0 Å². The third-order valence-corrected chi connectivity index (χ3v) is 8.79. The topological polar surface area (TPSA) is 242 Å². The van der Waals surface area contributed by atoms with Crippen LogP contribution < -0.4 is 5.32 Å². The molecule has 3 aliphatic rings. The number of methoxy groups -OCH3 is 1. The molecule has 0 aromatic heterocycles. The fourth-order valence-electron chi connectivity index (χ4n) is 6.22. The van der Waals surface area contributed by atoms with E-state index in [0.29, 0.717) is 5.56 Å². The van der Waals surface area contributed by atoms with Crippen molar-refractivity contribution < 1.29 is 90.4 Å². The van der Waals surface area contributed by atoms with Crippen molar-refractivity contribution in [3.63, 3.8) is 0 Å². The number of halogens is 1. The lowest BCUT2D eigenvalue weighted by Gasteiger charge is -2.49. The second kappa shape index (κ2) is 21.4. The van der Waals surface area contributed by atoms with E-state index >= 15 is 0 Å². The summed E-state index contributed by atoms with van der Waals surface area (Å²) in [5.41, 5.74) is 0.764. The van der Waals surface area contributed by atoms with Gasteiger partial charge in [0.2, 0.25) is 5.91 Å². The summed E-state index contributed by atoms with van der Waals surface area (Å²) in [5.74, 6) is -4.94. The van der Waals surface area contributed by atoms with Crippen molar-refractivity contribution in [1.29, 1.82) is 0 Å². The van der Waals surface area contributed by atoms with Crippen LogP contribution in [0.4, 0.5) is 5.69 Å². The molecule has 57 heavy (non-hydrogen) atoms. The second-order valence-electron chi connectivity index (χ2n) is 13.0. The van der Waals surface area contributed by atoms with Gasteiger partial charge in [0, 0.05) is 47.5 Å². The van der Waals surface area contributed by atoms with Gasteiger partial charge in [0.15, 0.2) is 37.0 Å². The largest absolute Gasteiger partial charge is 0.469 e. The Morgan fingerprint density at radius 2 is 1.39 bits per heavy atom. The highest BCUT2D eigenvalue weighted by Crippen LogP contribution is 2.36. The van der Waals surface area contributed by atoms with Crippen LogP contribution in [0.15, 0.2) is 18.2 Å². The number of amides is 1. The monoisotopic (exact) mass is 831 g/mol.